The van der Waals surface area contributed by atoms with Crippen LogP contribution in [0, 0.1) is 5.82 Å². The second-order valence-corrected chi connectivity index (χ2v) is 4.40. The predicted molar refractivity (Wildman–Crippen MR) is 62.6 cm³/mol. The molecular weight excluding hydrogens is 213 g/mol. The van der Waals surface area contributed by atoms with E-state index in [9.17, 15) is 9.18 Å². The van der Waals surface area contributed by atoms with Gasteiger partial charge in [-0.1, -0.05) is 6.92 Å². The number of benzene rings is 1. The number of anilines is 1. The molecule has 0 heterocycles. The first-order valence-electron chi connectivity index (χ1n) is 4.85. The van der Waals surface area contributed by atoms with E-state index in [0.717, 1.165) is 11.5 Å². The standard InChI is InChI=1S/C11H14FNOS/c1-2-15-8-7-11(14)13-10-5-3-9(12)4-6-10/h3-6H,2,7-8H2,1H3,(H,13,14). The summed E-state index contributed by atoms with van der Waals surface area (Å²) in [4.78, 5) is 11.4. The Labute approximate surface area is 93.3 Å². The van der Waals surface area contributed by atoms with Crippen LogP contribution >= 0.6 is 11.8 Å². The molecule has 1 aromatic rings. The highest BCUT2D eigenvalue weighted by molar-refractivity contribution is 7.99. The molecule has 0 aliphatic rings. The van der Waals surface area contributed by atoms with Crippen LogP contribution < -0.4 is 5.32 Å². The van der Waals surface area contributed by atoms with E-state index in [0.29, 0.717) is 12.1 Å². The minimum absolute atomic E-state index is 0.0254. The van der Waals surface area contributed by atoms with Crippen molar-refractivity contribution in [2.45, 2.75) is 13.3 Å². The highest BCUT2D eigenvalue weighted by Crippen LogP contribution is 2.09. The Bertz CT molecular complexity index is 313. The quantitative estimate of drug-likeness (QED) is 0.784. The number of carbonyl (C=O) groups is 1. The van der Waals surface area contributed by atoms with Gasteiger partial charge in [-0.25, -0.2) is 4.39 Å². The fourth-order valence-corrected chi connectivity index (χ4v) is 1.68. The van der Waals surface area contributed by atoms with Crippen molar-refractivity contribution in [3.05, 3.63) is 30.1 Å². The molecule has 0 atom stereocenters. The lowest BCUT2D eigenvalue weighted by Gasteiger charge is -2.04. The largest absolute Gasteiger partial charge is 0.326 e. The molecule has 15 heavy (non-hydrogen) atoms. The van der Waals surface area contributed by atoms with E-state index < -0.39 is 0 Å². The molecule has 0 saturated carbocycles. The van der Waals surface area contributed by atoms with Crippen molar-refractivity contribution < 1.29 is 9.18 Å². The first-order valence-corrected chi connectivity index (χ1v) is 6.01. The maximum atomic E-state index is 12.6. The molecule has 4 heteroatoms. The number of thioether (sulfide) groups is 1. The molecule has 0 radical (unpaired) electrons. The SMILES string of the molecule is CCSCCC(=O)Nc1ccc(F)cc1. The van der Waals surface area contributed by atoms with Gasteiger partial charge in [-0.3, -0.25) is 4.79 Å². The zero-order valence-corrected chi connectivity index (χ0v) is 9.44. The van der Waals surface area contributed by atoms with Crippen molar-refractivity contribution in [2.75, 3.05) is 16.8 Å². The van der Waals surface area contributed by atoms with Crippen molar-refractivity contribution in [3.63, 3.8) is 0 Å². The van der Waals surface area contributed by atoms with Crippen LogP contribution in [0.3, 0.4) is 0 Å². The molecule has 0 aromatic heterocycles. The second kappa shape index (κ2) is 6.45. The lowest BCUT2D eigenvalue weighted by molar-refractivity contribution is -0.115. The number of amides is 1. The normalized spacial score (nSPS) is 10.0. The van der Waals surface area contributed by atoms with E-state index in [1.54, 1.807) is 23.9 Å². The maximum Gasteiger partial charge on any atom is 0.225 e. The number of hydrogen-bond acceptors (Lipinski definition) is 2. The lowest BCUT2D eigenvalue weighted by Crippen LogP contribution is -2.12. The fraction of sp³-hybridized carbons (Fsp3) is 0.364. The highest BCUT2D eigenvalue weighted by Gasteiger charge is 2.01. The number of carbonyl (C=O) groups excluding carboxylic acids is 1. The number of nitrogens with one attached hydrogen (secondary N) is 1. The summed E-state index contributed by atoms with van der Waals surface area (Å²) in [5, 5.41) is 2.71. The predicted octanol–water partition coefficient (Wildman–Crippen LogP) is 2.91. The second-order valence-electron chi connectivity index (χ2n) is 3.00. The Balaban J connectivity index is 2.34. The molecule has 1 N–H and O–H groups in total. The van der Waals surface area contributed by atoms with Crippen LogP contribution in [0.4, 0.5) is 10.1 Å². The summed E-state index contributed by atoms with van der Waals surface area (Å²) in [5.41, 5.74) is 0.642. The van der Waals surface area contributed by atoms with Crippen LogP contribution in [0.2, 0.25) is 0 Å². The summed E-state index contributed by atoms with van der Waals surface area (Å²) in [6.07, 6.45) is 0.496. The van der Waals surface area contributed by atoms with Gasteiger partial charge in [0.05, 0.1) is 0 Å². The van der Waals surface area contributed by atoms with E-state index in [1.165, 1.54) is 12.1 Å². The van der Waals surface area contributed by atoms with E-state index in [1.807, 2.05) is 0 Å². The summed E-state index contributed by atoms with van der Waals surface area (Å²) in [7, 11) is 0. The maximum absolute atomic E-state index is 12.6. The van der Waals surface area contributed by atoms with Crippen molar-refractivity contribution >= 4 is 23.4 Å². The molecule has 0 saturated heterocycles. The molecule has 0 fully saturated rings. The topological polar surface area (TPSA) is 29.1 Å². The molecule has 82 valence electrons. The molecule has 1 rings (SSSR count). The van der Waals surface area contributed by atoms with Gasteiger partial charge < -0.3 is 5.32 Å². The Morgan fingerprint density at radius 3 is 2.67 bits per heavy atom. The third kappa shape index (κ3) is 4.83. The van der Waals surface area contributed by atoms with Gasteiger partial charge in [0, 0.05) is 17.9 Å². The average molecular weight is 227 g/mol. The van der Waals surface area contributed by atoms with Gasteiger partial charge in [0.2, 0.25) is 5.91 Å². The van der Waals surface area contributed by atoms with E-state index in [4.69, 9.17) is 0 Å². The first kappa shape index (κ1) is 12.0. The van der Waals surface area contributed by atoms with Gasteiger partial charge in [-0.15, -0.1) is 0 Å². The molecule has 1 aromatic carbocycles. The summed E-state index contributed by atoms with van der Waals surface area (Å²) < 4.78 is 12.6. The van der Waals surface area contributed by atoms with Gasteiger partial charge >= 0.3 is 0 Å². The third-order valence-corrected chi connectivity index (χ3v) is 2.71. The van der Waals surface area contributed by atoms with E-state index in [2.05, 4.69) is 12.2 Å². The summed E-state index contributed by atoms with van der Waals surface area (Å²) >= 11 is 1.73. The highest BCUT2D eigenvalue weighted by atomic mass is 32.2. The minimum Gasteiger partial charge on any atom is -0.326 e. The van der Waals surface area contributed by atoms with E-state index >= 15 is 0 Å². The van der Waals surface area contributed by atoms with Gasteiger partial charge in [-0.2, -0.15) is 11.8 Å². The van der Waals surface area contributed by atoms with Gasteiger partial charge in [0.25, 0.3) is 0 Å². The van der Waals surface area contributed by atoms with Crippen LogP contribution in [0.1, 0.15) is 13.3 Å². The zero-order valence-electron chi connectivity index (χ0n) is 8.63. The minimum atomic E-state index is -0.297. The number of hydrogen-bond donors (Lipinski definition) is 1. The Morgan fingerprint density at radius 1 is 1.40 bits per heavy atom. The van der Waals surface area contributed by atoms with Crippen LogP contribution in [0.5, 0.6) is 0 Å². The zero-order chi connectivity index (χ0) is 11.1. The van der Waals surface area contributed by atoms with Crippen molar-refractivity contribution in [1.29, 1.82) is 0 Å². The fourth-order valence-electron chi connectivity index (χ4n) is 1.07. The van der Waals surface area contributed by atoms with Crippen LogP contribution in [0.25, 0.3) is 0 Å². The van der Waals surface area contributed by atoms with E-state index in [-0.39, 0.29) is 11.7 Å². The summed E-state index contributed by atoms with van der Waals surface area (Å²) in [5.74, 6) is 1.52. The average Bonchev–Trinajstić information content (AvgIpc) is 2.22. The Hall–Kier alpha value is -1.03. The summed E-state index contributed by atoms with van der Waals surface area (Å²) in [6.45, 7) is 2.06. The monoisotopic (exact) mass is 227 g/mol. The lowest BCUT2D eigenvalue weighted by atomic mass is 10.3. The molecule has 0 bridgehead atoms. The van der Waals surface area contributed by atoms with Crippen molar-refractivity contribution in [2.24, 2.45) is 0 Å². The van der Waals surface area contributed by atoms with Gasteiger partial charge in [-0.05, 0) is 30.0 Å². The molecule has 0 spiro atoms. The molecule has 0 aliphatic carbocycles. The first-order chi connectivity index (χ1) is 7.22. The van der Waals surface area contributed by atoms with Crippen molar-refractivity contribution in [3.8, 4) is 0 Å². The van der Waals surface area contributed by atoms with Gasteiger partial charge in [0.15, 0.2) is 0 Å². The molecule has 0 unspecified atom stereocenters. The number of rotatable bonds is 5. The molecule has 1 amide bonds. The molecular formula is C11H14FNOS. The summed E-state index contributed by atoms with van der Waals surface area (Å²) in [6, 6.07) is 5.77. The number of halogens is 1. The third-order valence-electron chi connectivity index (χ3n) is 1.81. The van der Waals surface area contributed by atoms with Crippen LogP contribution in [-0.2, 0) is 4.79 Å². The van der Waals surface area contributed by atoms with Gasteiger partial charge in [0.1, 0.15) is 5.82 Å². The Kier molecular flexibility index (Phi) is 5.18. The Morgan fingerprint density at radius 2 is 2.07 bits per heavy atom. The van der Waals surface area contributed by atoms with Crippen molar-refractivity contribution in [1.82, 2.24) is 0 Å². The molecule has 2 nitrogen and oxygen atoms in total. The molecule has 0 aliphatic heterocycles. The van der Waals surface area contributed by atoms with Crippen LogP contribution in [-0.4, -0.2) is 17.4 Å². The van der Waals surface area contributed by atoms with Crippen LogP contribution in [0.15, 0.2) is 24.3 Å². The smallest absolute Gasteiger partial charge is 0.225 e.